The van der Waals surface area contributed by atoms with Gasteiger partial charge in [0.25, 0.3) is 5.91 Å². The van der Waals surface area contributed by atoms with Gasteiger partial charge < -0.3 is 9.80 Å². The zero-order valence-electron chi connectivity index (χ0n) is 16.5. The Morgan fingerprint density at radius 3 is 2.47 bits per heavy atom. The molecule has 2 atom stereocenters. The molecule has 30 heavy (non-hydrogen) atoms. The predicted octanol–water partition coefficient (Wildman–Crippen LogP) is 5.31. The van der Waals surface area contributed by atoms with Crippen LogP contribution in [0, 0.1) is 5.92 Å². The monoisotopic (exact) mass is 436 g/mol. The van der Waals surface area contributed by atoms with Gasteiger partial charge in [-0.2, -0.15) is 13.2 Å². The summed E-state index contributed by atoms with van der Waals surface area (Å²) in [4.78, 5) is 17.2. The number of amides is 1. The molecule has 2 unspecified atom stereocenters. The van der Waals surface area contributed by atoms with Gasteiger partial charge in [-0.3, -0.25) is 4.79 Å². The van der Waals surface area contributed by atoms with Crippen molar-refractivity contribution in [3.63, 3.8) is 0 Å². The van der Waals surface area contributed by atoms with Crippen molar-refractivity contribution >= 4 is 17.5 Å². The Hall–Kier alpha value is -2.05. The van der Waals surface area contributed by atoms with Crippen LogP contribution in [0.1, 0.15) is 40.2 Å². The van der Waals surface area contributed by atoms with E-state index in [0.29, 0.717) is 29.2 Å². The van der Waals surface area contributed by atoms with Crippen molar-refractivity contribution in [1.29, 1.82) is 0 Å². The van der Waals surface area contributed by atoms with E-state index in [-0.39, 0.29) is 17.7 Å². The molecule has 160 valence electrons. The highest BCUT2D eigenvalue weighted by molar-refractivity contribution is 6.33. The summed E-state index contributed by atoms with van der Waals surface area (Å²) in [5.74, 6) is -0.223. The van der Waals surface area contributed by atoms with Crippen LogP contribution in [0.3, 0.4) is 0 Å². The highest BCUT2D eigenvalue weighted by Crippen LogP contribution is 2.38. The first-order valence-corrected chi connectivity index (χ1v) is 10.6. The second-order valence-electron chi connectivity index (χ2n) is 8.19. The summed E-state index contributed by atoms with van der Waals surface area (Å²) in [7, 11) is 0. The van der Waals surface area contributed by atoms with Crippen LogP contribution in [0.2, 0.25) is 5.02 Å². The molecule has 4 rings (SSSR count). The number of alkyl halides is 3. The minimum absolute atomic E-state index is 0.0815. The van der Waals surface area contributed by atoms with Crippen molar-refractivity contribution in [1.82, 2.24) is 9.80 Å². The SMILES string of the molecule is O=C(c1ccccc1Cl)N1CC(CN2CCCC2)C(c2cccc(C(F)(F)F)c2)C1. The molecule has 0 aliphatic carbocycles. The van der Waals surface area contributed by atoms with Crippen molar-refractivity contribution in [3.8, 4) is 0 Å². The standard InChI is InChI=1S/C23H24ClF3N2O/c24-21-9-2-1-8-19(21)22(30)29-14-17(13-28-10-3-4-11-28)20(15-29)16-6-5-7-18(12-16)23(25,26)27/h1-2,5-9,12,17,20H,3-4,10-11,13-15H2. The van der Waals surface area contributed by atoms with Crippen LogP contribution >= 0.6 is 11.6 Å². The average Bonchev–Trinajstić information content (AvgIpc) is 3.38. The van der Waals surface area contributed by atoms with E-state index in [2.05, 4.69) is 4.90 Å². The molecule has 2 aliphatic rings. The molecule has 7 heteroatoms. The number of carbonyl (C=O) groups excluding carboxylic acids is 1. The predicted molar refractivity (Wildman–Crippen MR) is 111 cm³/mol. The third-order valence-corrected chi connectivity index (χ3v) is 6.50. The van der Waals surface area contributed by atoms with Gasteiger partial charge in [-0.05, 0) is 55.6 Å². The fourth-order valence-corrected chi connectivity index (χ4v) is 4.86. The highest BCUT2D eigenvalue weighted by atomic mass is 35.5. The van der Waals surface area contributed by atoms with E-state index < -0.39 is 11.7 Å². The summed E-state index contributed by atoms with van der Waals surface area (Å²) in [6, 6.07) is 12.5. The Bertz CT molecular complexity index is 911. The zero-order chi connectivity index (χ0) is 21.3. The highest BCUT2D eigenvalue weighted by Gasteiger charge is 2.39. The zero-order valence-corrected chi connectivity index (χ0v) is 17.3. The largest absolute Gasteiger partial charge is 0.416 e. The molecule has 2 aromatic rings. The van der Waals surface area contributed by atoms with Crippen LogP contribution in [0.5, 0.6) is 0 Å². The Morgan fingerprint density at radius 1 is 1.03 bits per heavy atom. The van der Waals surface area contributed by atoms with Crippen molar-refractivity contribution in [2.24, 2.45) is 5.92 Å². The summed E-state index contributed by atoms with van der Waals surface area (Å²) in [6.45, 7) is 3.70. The second-order valence-corrected chi connectivity index (χ2v) is 8.59. The van der Waals surface area contributed by atoms with E-state index in [9.17, 15) is 18.0 Å². The Balaban J connectivity index is 1.61. The fourth-order valence-electron chi connectivity index (χ4n) is 4.65. The lowest BCUT2D eigenvalue weighted by Gasteiger charge is -2.24. The van der Waals surface area contributed by atoms with Gasteiger partial charge in [0.05, 0.1) is 16.1 Å². The number of likely N-dealkylation sites (tertiary alicyclic amines) is 2. The minimum Gasteiger partial charge on any atom is -0.338 e. The van der Waals surface area contributed by atoms with Gasteiger partial charge >= 0.3 is 6.18 Å². The van der Waals surface area contributed by atoms with Crippen molar-refractivity contribution in [2.75, 3.05) is 32.7 Å². The molecule has 2 fully saturated rings. The molecule has 2 aromatic carbocycles. The van der Waals surface area contributed by atoms with E-state index in [4.69, 9.17) is 11.6 Å². The second kappa shape index (κ2) is 8.60. The Labute approximate surface area is 179 Å². The maximum atomic E-state index is 13.3. The first-order valence-electron chi connectivity index (χ1n) is 10.3. The molecule has 0 saturated carbocycles. The molecule has 2 heterocycles. The number of carbonyl (C=O) groups is 1. The summed E-state index contributed by atoms with van der Waals surface area (Å²) in [6.07, 6.45) is -2.10. The maximum Gasteiger partial charge on any atom is 0.416 e. The summed E-state index contributed by atoms with van der Waals surface area (Å²) >= 11 is 6.22. The molecule has 0 radical (unpaired) electrons. The maximum absolute atomic E-state index is 13.3. The van der Waals surface area contributed by atoms with Gasteiger partial charge in [-0.15, -0.1) is 0 Å². The molecule has 0 aromatic heterocycles. The molecular weight excluding hydrogens is 413 g/mol. The van der Waals surface area contributed by atoms with Crippen LogP contribution in [-0.4, -0.2) is 48.4 Å². The quantitative estimate of drug-likeness (QED) is 0.648. The molecule has 0 bridgehead atoms. The normalized spacial score (nSPS) is 22.6. The van der Waals surface area contributed by atoms with E-state index in [0.717, 1.165) is 38.5 Å². The third-order valence-electron chi connectivity index (χ3n) is 6.17. The van der Waals surface area contributed by atoms with Crippen LogP contribution in [-0.2, 0) is 6.18 Å². The van der Waals surface area contributed by atoms with Crippen LogP contribution < -0.4 is 0 Å². The van der Waals surface area contributed by atoms with Crippen LogP contribution in [0.25, 0.3) is 0 Å². The van der Waals surface area contributed by atoms with E-state index in [1.165, 1.54) is 12.1 Å². The van der Waals surface area contributed by atoms with Crippen molar-refractivity contribution in [2.45, 2.75) is 24.9 Å². The van der Waals surface area contributed by atoms with Gasteiger partial charge in [0.2, 0.25) is 0 Å². The summed E-state index contributed by atoms with van der Waals surface area (Å²) in [5.41, 5.74) is 0.433. The number of nitrogens with zero attached hydrogens (tertiary/aromatic N) is 2. The van der Waals surface area contributed by atoms with Gasteiger partial charge in [0.15, 0.2) is 0 Å². The van der Waals surface area contributed by atoms with Gasteiger partial charge in [-0.1, -0.05) is 41.9 Å². The summed E-state index contributed by atoms with van der Waals surface area (Å²) < 4.78 is 39.8. The number of hydrogen-bond donors (Lipinski definition) is 0. The number of halogens is 4. The molecular formula is C23H24ClF3N2O. The lowest BCUT2D eigenvalue weighted by molar-refractivity contribution is -0.137. The molecule has 0 N–H and O–H groups in total. The Morgan fingerprint density at radius 2 is 1.77 bits per heavy atom. The van der Waals surface area contributed by atoms with Crippen LogP contribution in [0.4, 0.5) is 13.2 Å². The summed E-state index contributed by atoms with van der Waals surface area (Å²) in [5, 5.41) is 0.390. The van der Waals surface area contributed by atoms with Gasteiger partial charge in [-0.25, -0.2) is 0 Å². The lowest BCUT2D eigenvalue weighted by Crippen LogP contribution is -2.32. The number of rotatable bonds is 4. The number of hydrogen-bond acceptors (Lipinski definition) is 2. The first-order chi connectivity index (χ1) is 14.3. The molecule has 2 aliphatic heterocycles. The van der Waals surface area contributed by atoms with Crippen molar-refractivity contribution < 1.29 is 18.0 Å². The third kappa shape index (κ3) is 4.49. The van der Waals surface area contributed by atoms with E-state index in [1.54, 1.807) is 35.2 Å². The minimum atomic E-state index is -4.38. The molecule has 2 saturated heterocycles. The van der Waals surface area contributed by atoms with E-state index in [1.807, 2.05) is 0 Å². The molecule has 3 nitrogen and oxygen atoms in total. The van der Waals surface area contributed by atoms with Gasteiger partial charge in [0, 0.05) is 25.6 Å². The van der Waals surface area contributed by atoms with Crippen LogP contribution in [0.15, 0.2) is 48.5 Å². The average molecular weight is 437 g/mol. The molecule has 0 spiro atoms. The smallest absolute Gasteiger partial charge is 0.338 e. The van der Waals surface area contributed by atoms with Gasteiger partial charge in [0.1, 0.15) is 0 Å². The van der Waals surface area contributed by atoms with Crippen molar-refractivity contribution in [3.05, 3.63) is 70.2 Å². The topological polar surface area (TPSA) is 23.6 Å². The first kappa shape index (κ1) is 21.2. The molecule has 1 amide bonds. The fraction of sp³-hybridized carbons (Fsp3) is 0.435. The lowest BCUT2D eigenvalue weighted by atomic mass is 9.87. The Kier molecular flexibility index (Phi) is 6.07. The van der Waals surface area contributed by atoms with E-state index >= 15 is 0 Å². The number of benzene rings is 2.